The zero-order valence-electron chi connectivity index (χ0n) is 19.4. The maximum Gasteiger partial charge on any atom is 0.255 e. The first-order valence-electron chi connectivity index (χ1n) is 11.0. The first kappa shape index (κ1) is 22.3. The molecule has 168 valence electrons. The van der Waals surface area contributed by atoms with Crippen molar-refractivity contribution in [3.63, 3.8) is 0 Å². The number of hydrogen-bond donors (Lipinski definition) is 0. The summed E-state index contributed by atoms with van der Waals surface area (Å²) in [4.78, 5) is 30.7. The Morgan fingerprint density at radius 3 is 2.33 bits per heavy atom. The van der Waals surface area contributed by atoms with Gasteiger partial charge < -0.3 is 4.74 Å². The van der Waals surface area contributed by atoms with Gasteiger partial charge >= 0.3 is 0 Å². The van der Waals surface area contributed by atoms with Crippen molar-refractivity contribution in [3.8, 4) is 5.75 Å². The molecular formula is C28H28N2O3. The maximum atomic E-state index is 14.0. The van der Waals surface area contributed by atoms with Crippen LogP contribution in [0, 0.1) is 13.8 Å². The predicted octanol–water partition coefficient (Wildman–Crippen LogP) is 5.16. The van der Waals surface area contributed by atoms with Gasteiger partial charge in [0, 0.05) is 5.69 Å². The molecule has 3 aromatic carbocycles. The smallest absolute Gasteiger partial charge is 0.255 e. The lowest BCUT2D eigenvalue weighted by molar-refractivity contribution is -0.127. The van der Waals surface area contributed by atoms with Gasteiger partial charge in [-0.15, -0.1) is 0 Å². The van der Waals surface area contributed by atoms with Crippen LogP contribution in [0.1, 0.15) is 23.6 Å². The van der Waals surface area contributed by atoms with Crippen LogP contribution < -0.4 is 14.5 Å². The van der Waals surface area contributed by atoms with Gasteiger partial charge in [0.05, 0.1) is 12.8 Å². The summed E-state index contributed by atoms with van der Waals surface area (Å²) in [6, 6.07) is 22.3. The van der Waals surface area contributed by atoms with E-state index < -0.39 is 6.04 Å². The number of amides is 2. The standard InChI is InChI=1S/C28H28N2O3/c1-19-14-15-23(20(2)16-19)30-26(31)18-29(24-12-8-9-13-25(24)33-4)28(32)27(30)21(3)17-22-10-6-5-7-11-22/h5-17,27H,18H2,1-4H3/b21-17+. The van der Waals surface area contributed by atoms with E-state index in [1.165, 1.54) is 4.90 Å². The Labute approximate surface area is 194 Å². The first-order chi connectivity index (χ1) is 15.9. The molecule has 0 aromatic heterocycles. The van der Waals surface area contributed by atoms with Crippen molar-refractivity contribution in [2.75, 3.05) is 23.5 Å². The van der Waals surface area contributed by atoms with Gasteiger partial charge in [0.15, 0.2) is 0 Å². The fourth-order valence-corrected chi connectivity index (χ4v) is 4.39. The average molecular weight is 441 g/mol. The molecule has 1 aliphatic rings. The van der Waals surface area contributed by atoms with Crippen molar-refractivity contribution in [2.24, 2.45) is 0 Å². The van der Waals surface area contributed by atoms with E-state index in [4.69, 9.17) is 4.74 Å². The van der Waals surface area contributed by atoms with Gasteiger partial charge in [0.2, 0.25) is 5.91 Å². The molecule has 1 fully saturated rings. The van der Waals surface area contributed by atoms with Crippen LogP contribution in [0.5, 0.6) is 5.75 Å². The number of anilines is 2. The van der Waals surface area contributed by atoms with Crippen LogP contribution >= 0.6 is 0 Å². The highest BCUT2D eigenvalue weighted by atomic mass is 16.5. The quantitative estimate of drug-likeness (QED) is 0.550. The van der Waals surface area contributed by atoms with Crippen molar-refractivity contribution in [1.29, 1.82) is 0 Å². The minimum atomic E-state index is -0.766. The zero-order chi connectivity index (χ0) is 23.5. The number of nitrogens with zero attached hydrogens (tertiary/aromatic N) is 2. The third-order valence-corrected chi connectivity index (χ3v) is 5.93. The molecule has 0 spiro atoms. The van der Waals surface area contributed by atoms with Gasteiger partial charge in [0.1, 0.15) is 18.3 Å². The van der Waals surface area contributed by atoms with Crippen molar-refractivity contribution in [1.82, 2.24) is 0 Å². The van der Waals surface area contributed by atoms with E-state index in [2.05, 4.69) is 0 Å². The Morgan fingerprint density at radius 1 is 0.939 bits per heavy atom. The Bertz CT molecular complexity index is 1220. The molecule has 1 atom stereocenters. The number of rotatable bonds is 5. The van der Waals surface area contributed by atoms with Crippen LogP contribution in [0.2, 0.25) is 0 Å². The third-order valence-electron chi connectivity index (χ3n) is 5.93. The number of para-hydroxylation sites is 2. The molecule has 0 aliphatic carbocycles. The molecule has 2 amide bonds. The number of aryl methyl sites for hydroxylation is 2. The molecule has 0 radical (unpaired) electrons. The molecule has 0 N–H and O–H groups in total. The van der Waals surface area contributed by atoms with Gasteiger partial charge in [-0.1, -0.05) is 66.2 Å². The fraction of sp³-hybridized carbons (Fsp3) is 0.214. The Kier molecular flexibility index (Phi) is 6.31. The number of ether oxygens (including phenoxy) is 1. The number of piperazine rings is 1. The van der Waals surface area contributed by atoms with E-state index >= 15 is 0 Å². The molecule has 3 aromatic rings. The summed E-state index contributed by atoms with van der Waals surface area (Å²) in [5, 5.41) is 0. The summed E-state index contributed by atoms with van der Waals surface area (Å²) in [5.74, 6) is 0.254. The van der Waals surface area contributed by atoms with Crippen molar-refractivity contribution >= 4 is 29.3 Å². The maximum absolute atomic E-state index is 14.0. The van der Waals surface area contributed by atoms with Crippen molar-refractivity contribution in [2.45, 2.75) is 26.8 Å². The van der Waals surface area contributed by atoms with Crippen LogP contribution in [0.15, 0.2) is 78.4 Å². The van der Waals surface area contributed by atoms with Crippen LogP contribution in [0.4, 0.5) is 11.4 Å². The third kappa shape index (κ3) is 4.40. The van der Waals surface area contributed by atoms with Gasteiger partial charge in [-0.2, -0.15) is 0 Å². The first-order valence-corrected chi connectivity index (χ1v) is 11.0. The van der Waals surface area contributed by atoms with Gasteiger partial charge in [-0.3, -0.25) is 19.4 Å². The van der Waals surface area contributed by atoms with E-state index in [1.807, 2.05) is 93.6 Å². The second-order valence-corrected chi connectivity index (χ2v) is 8.35. The molecule has 5 nitrogen and oxygen atoms in total. The van der Waals surface area contributed by atoms with E-state index in [9.17, 15) is 9.59 Å². The van der Waals surface area contributed by atoms with Gasteiger partial charge in [-0.05, 0) is 55.7 Å². The highest BCUT2D eigenvalue weighted by Gasteiger charge is 2.42. The summed E-state index contributed by atoms with van der Waals surface area (Å²) in [6.45, 7) is 5.84. The second kappa shape index (κ2) is 9.33. The normalized spacial score (nSPS) is 16.8. The van der Waals surface area contributed by atoms with E-state index in [0.29, 0.717) is 11.4 Å². The Hall–Kier alpha value is -3.86. The number of carbonyl (C=O) groups excluding carboxylic acids is 2. The van der Waals surface area contributed by atoms with E-state index in [-0.39, 0.29) is 18.4 Å². The monoisotopic (exact) mass is 440 g/mol. The number of carbonyl (C=O) groups is 2. The number of hydrogen-bond acceptors (Lipinski definition) is 3. The van der Waals surface area contributed by atoms with Crippen LogP contribution in [0.3, 0.4) is 0 Å². The zero-order valence-corrected chi connectivity index (χ0v) is 19.4. The molecule has 33 heavy (non-hydrogen) atoms. The van der Waals surface area contributed by atoms with E-state index in [1.54, 1.807) is 18.1 Å². The summed E-state index contributed by atoms with van der Waals surface area (Å²) < 4.78 is 5.48. The van der Waals surface area contributed by atoms with Crippen LogP contribution in [-0.2, 0) is 9.59 Å². The summed E-state index contributed by atoms with van der Waals surface area (Å²) in [7, 11) is 1.56. The second-order valence-electron chi connectivity index (χ2n) is 8.35. The molecule has 1 heterocycles. The Balaban J connectivity index is 1.84. The minimum absolute atomic E-state index is 0.0539. The summed E-state index contributed by atoms with van der Waals surface area (Å²) >= 11 is 0. The molecular weight excluding hydrogens is 412 g/mol. The van der Waals surface area contributed by atoms with Crippen molar-refractivity contribution < 1.29 is 14.3 Å². The number of benzene rings is 3. The molecule has 1 aliphatic heterocycles. The van der Waals surface area contributed by atoms with E-state index in [0.717, 1.165) is 28.0 Å². The lowest BCUT2D eigenvalue weighted by Gasteiger charge is -2.41. The summed E-state index contributed by atoms with van der Waals surface area (Å²) in [5.41, 5.74) is 5.18. The number of methoxy groups -OCH3 is 1. The van der Waals surface area contributed by atoms with Gasteiger partial charge in [0.25, 0.3) is 5.91 Å². The largest absolute Gasteiger partial charge is 0.495 e. The van der Waals surface area contributed by atoms with Crippen LogP contribution in [-0.4, -0.2) is 31.5 Å². The minimum Gasteiger partial charge on any atom is -0.495 e. The van der Waals surface area contributed by atoms with Crippen molar-refractivity contribution in [3.05, 3.63) is 95.1 Å². The van der Waals surface area contributed by atoms with Crippen LogP contribution in [0.25, 0.3) is 6.08 Å². The topological polar surface area (TPSA) is 49.9 Å². The molecule has 0 saturated carbocycles. The molecule has 4 rings (SSSR count). The van der Waals surface area contributed by atoms with Gasteiger partial charge in [-0.25, -0.2) is 0 Å². The average Bonchev–Trinajstić information content (AvgIpc) is 2.81. The molecule has 1 saturated heterocycles. The Morgan fingerprint density at radius 2 is 1.64 bits per heavy atom. The predicted molar refractivity (Wildman–Crippen MR) is 133 cm³/mol. The molecule has 1 unspecified atom stereocenters. The molecule has 5 heteroatoms. The SMILES string of the molecule is COc1ccccc1N1CC(=O)N(c2ccc(C)cc2C)C(/C(C)=C/c2ccccc2)C1=O. The lowest BCUT2D eigenvalue weighted by Crippen LogP contribution is -2.61. The summed E-state index contributed by atoms with van der Waals surface area (Å²) in [6.07, 6.45) is 1.97. The molecule has 0 bridgehead atoms. The fourth-order valence-electron chi connectivity index (χ4n) is 4.39. The highest BCUT2D eigenvalue weighted by Crippen LogP contribution is 2.35. The highest BCUT2D eigenvalue weighted by molar-refractivity contribution is 6.16. The lowest BCUT2D eigenvalue weighted by atomic mass is 9.97.